The number of benzene rings is 1. The van der Waals surface area contributed by atoms with Gasteiger partial charge in [-0.2, -0.15) is 5.10 Å². The summed E-state index contributed by atoms with van der Waals surface area (Å²) in [5, 5.41) is 7.93. The molecule has 118 valence electrons. The maximum Gasteiger partial charge on any atom is 0.261 e. The summed E-state index contributed by atoms with van der Waals surface area (Å²) in [6.07, 6.45) is 3.65. The van der Waals surface area contributed by atoms with Crippen molar-refractivity contribution in [1.29, 1.82) is 0 Å². The Morgan fingerprint density at radius 3 is 2.70 bits per heavy atom. The van der Waals surface area contributed by atoms with Crippen LogP contribution in [0.15, 0.2) is 42.7 Å². The third kappa shape index (κ3) is 3.63. The number of nitrogens with zero attached hydrogens (tertiary/aromatic N) is 2. The van der Waals surface area contributed by atoms with Gasteiger partial charge in [0.05, 0.1) is 16.8 Å². The highest BCUT2D eigenvalue weighted by Gasteiger charge is 2.10. The van der Waals surface area contributed by atoms with Crippen molar-refractivity contribution in [3.63, 3.8) is 0 Å². The zero-order chi connectivity index (χ0) is 16.4. The number of carbonyl (C=O) groups excluding carboxylic acids is 1. The van der Waals surface area contributed by atoms with E-state index in [1.165, 1.54) is 16.2 Å². The first-order valence-electron chi connectivity index (χ1n) is 7.17. The smallest absolute Gasteiger partial charge is 0.261 e. The summed E-state index contributed by atoms with van der Waals surface area (Å²) < 4.78 is 1.76. The maximum atomic E-state index is 12.2. The molecule has 0 unspecified atom stereocenters. The lowest BCUT2D eigenvalue weighted by Crippen LogP contribution is -2.21. The SMILES string of the molecule is Cc1cc(C(=O)NCc2cnn(-c3ccc(Cl)cc3)c2)sc1C. The Kier molecular flexibility index (Phi) is 4.50. The molecule has 0 aliphatic rings. The van der Waals surface area contributed by atoms with Gasteiger partial charge >= 0.3 is 0 Å². The average Bonchev–Trinajstić information content (AvgIpc) is 3.13. The molecule has 1 aromatic carbocycles. The molecule has 2 heterocycles. The summed E-state index contributed by atoms with van der Waals surface area (Å²) in [6.45, 7) is 4.48. The first-order valence-corrected chi connectivity index (χ1v) is 8.37. The van der Waals surface area contributed by atoms with E-state index >= 15 is 0 Å². The van der Waals surface area contributed by atoms with Gasteiger partial charge in [0.2, 0.25) is 0 Å². The van der Waals surface area contributed by atoms with Gasteiger partial charge < -0.3 is 5.32 Å². The van der Waals surface area contributed by atoms with E-state index in [2.05, 4.69) is 10.4 Å². The molecule has 3 aromatic rings. The molecule has 0 atom stereocenters. The Hall–Kier alpha value is -2.11. The first-order chi connectivity index (χ1) is 11.0. The van der Waals surface area contributed by atoms with Crippen LogP contribution in [0, 0.1) is 13.8 Å². The van der Waals surface area contributed by atoms with Crippen LogP contribution in [-0.4, -0.2) is 15.7 Å². The zero-order valence-electron chi connectivity index (χ0n) is 12.8. The van der Waals surface area contributed by atoms with Gasteiger partial charge in [-0.3, -0.25) is 4.79 Å². The number of aryl methyl sites for hydroxylation is 2. The zero-order valence-corrected chi connectivity index (χ0v) is 14.4. The Labute approximate surface area is 143 Å². The topological polar surface area (TPSA) is 46.9 Å². The van der Waals surface area contributed by atoms with Gasteiger partial charge in [-0.1, -0.05) is 11.6 Å². The molecule has 0 saturated carbocycles. The number of amides is 1. The van der Waals surface area contributed by atoms with Gasteiger partial charge in [0, 0.05) is 28.2 Å². The Balaban J connectivity index is 1.65. The van der Waals surface area contributed by atoms with Crippen molar-refractivity contribution in [2.45, 2.75) is 20.4 Å². The van der Waals surface area contributed by atoms with Crippen LogP contribution in [0.4, 0.5) is 0 Å². The largest absolute Gasteiger partial charge is 0.347 e. The molecule has 1 N–H and O–H groups in total. The lowest BCUT2D eigenvalue weighted by molar-refractivity contribution is 0.0955. The normalized spacial score (nSPS) is 10.7. The molecule has 0 spiro atoms. The quantitative estimate of drug-likeness (QED) is 0.772. The predicted octanol–water partition coefficient (Wildman–Crippen LogP) is 4.13. The maximum absolute atomic E-state index is 12.2. The molecular formula is C17H16ClN3OS. The molecule has 6 heteroatoms. The number of rotatable bonds is 4. The summed E-state index contributed by atoms with van der Waals surface area (Å²) >= 11 is 7.40. The third-order valence-electron chi connectivity index (χ3n) is 3.57. The van der Waals surface area contributed by atoms with E-state index in [0.29, 0.717) is 11.6 Å². The molecule has 1 amide bonds. The highest BCUT2D eigenvalue weighted by atomic mass is 35.5. The summed E-state index contributed by atoms with van der Waals surface area (Å²) in [4.78, 5) is 14.1. The monoisotopic (exact) mass is 345 g/mol. The van der Waals surface area contributed by atoms with E-state index < -0.39 is 0 Å². The second-order valence-electron chi connectivity index (χ2n) is 5.30. The van der Waals surface area contributed by atoms with Crippen LogP contribution in [0.1, 0.15) is 25.7 Å². The fourth-order valence-electron chi connectivity index (χ4n) is 2.14. The van der Waals surface area contributed by atoms with Gasteiger partial charge in [-0.15, -0.1) is 11.3 Å². The standard InChI is InChI=1S/C17H16ClN3OS/c1-11-7-16(23-12(11)2)17(22)19-8-13-9-20-21(10-13)15-5-3-14(18)4-6-15/h3-7,9-10H,8H2,1-2H3,(H,19,22). The van der Waals surface area contributed by atoms with Crippen molar-refractivity contribution in [3.8, 4) is 5.69 Å². The number of nitrogens with one attached hydrogen (secondary N) is 1. The van der Waals surface area contributed by atoms with E-state index in [1.807, 2.05) is 50.4 Å². The van der Waals surface area contributed by atoms with Gasteiger partial charge in [-0.05, 0) is 49.7 Å². The third-order valence-corrected chi connectivity index (χ3v) is 4.97. The van der Waals surface area contributed by atoms with Crippen molar-refractivity contribution in [1.82, 2.24) is 15.1 Å². The van der Waals surface area contributed by atoms with Crippen molar-refractivity contribution in [2.75, 3.05) is 0 Å². The van der Waals surface area contributed by atoms with Crippen LogP contribution in [0.3, 0.4) is 0 Å². The molecule has 0 radical (unpaired) electrons. The Morgan fingerprint density at radius 1 is 1.30 bits per heavy atom. The minimum absolute atomic E-state index is 0.0505. The lowest BCUT2D eigenvalue weighted by Gasteiger charge is -2.02. The summed E-state index contributed by atoms with van der Waals surface area (Å²) in [5.41, 5.74) is 3.02. The number of carbonyl (C=O) groups is 1. The number of hydrogen-bond donors (Lipinski definition) is 1. The van der Waals surface area contributed by atoms with Crippen molar-refractivity contribution < 1.29 is 4.79 Å². The van der Waals surface area contributed by atoms with E-state index in [9.17, 15) is 4.79 Å². The van der Waals surface area contributed by atoms with Crippen LogP contribution in [0.2, 0.25) is 5.02 Å². The highest BCUT2D eigenvalue weighted by Crippen LogP contribution is 2.20. The van der Waals surface area contributed by atoms with Crippen LogP contribution in [0.5, 0.6) is 0 Å². The predicted molar refractivity (Wildman–Crippen MR) is 93.5 cm³/mol. The molecule has 0 aliphatic heterocycles. The van der Waals surface area contributed by atoms with Crippen LogP contribution in [0.25, 0.3) is 5.69 Å². The van der Waals surface area contributed by atoms with Crippen LogP contribution < -0.4 is 5.32 Å². The summed E-state index contributed by atoms with van der Waals surface area (Å²) in [7, 11) is 0. The first kappa shape index (κ1) is 15.8. The summed E-state index contributed by atoms with van der Waals surface area (Å²) in [5.74, 6) is -0.0505. The van der Waals surface area contributed by atoms with E-state index in [4.69, 9.17) is 11.6 Å². The molecular weight excluding hydrogens is 330 g/mol. The molecule has 0 saturated heterocycles. The van der Waals surface area contributed by atoms with Gasteiger partial charge in [0.15, 0.2) is 0 Å². The van der Waals surface area contributed by atoms with Crippen molar-refractivity contribution in [2.24, 2.45) is 0 Å². The molecule has 3 rings (SSSR count). The Morgan fingerprint density at radius 2 is 2.04 bits per heavy atom. The fraction of sp³-hybridized carbons (Fsp3) is 0.176. The van der Waals surface area contributed by atoms with Crippen LogP contribution in [-0.2, 0) is 6.54 Å². The van der Waals surface area contributed by atoms with E-state index in [1.54, 1.807) is 10.9 Å². The van der Waals surface area contributed by atoms with Crippen LogP contribution >= 0.6 is 22.9 Å². The molecule has 0 fully saturated rings. The Bertz CT molecular complexity index is 816. The highest BCUT2D eigenvalue weighted by molar-refractivity contribution is 7.14. The summed E-state index contributed by atoms with van der Waals surface area (Å²) in [6, 6.07) is 9.36. The van der Waals surface area contributed by atoms with E-state index in [0.717, 1.165) is 21.7 Å². The molecule has 23 heavy (non-hydrogen) atoms. The number of aromatic nitrogens is 2. The second kappa shape index (κ2) is 6.56. The fourth-order valence-corrected chi connectivity index (χ4v) is 3.22. The van der Waals surface area contributed by atoms with Crippen molar-refractivity contribution in [3.05, 3.63) is 68.6 Å². The molecule has 0 bridgehead atoms. The average molecular weight is 346 g/mol. The molecule has 2 aromatic heterocycles. The van der Waals surface area contributed by atoms with Crippen molar-refractivity contribution >= 4 is 28.8 Å². The minimum Gasteiger partial charge on any atom is -0.347 e. The number of thiophene rings is 1. The minimum atomic E-state index is -0.0505. The van der Waals surface area contributed by atoms with Gasteiger partial charge in [-0.25, -0.2) is 4.68 Å². The number of halogens is 1. The number of hydrogen-bond acceptors (Lipinski definition) is 3. The lowest BCUT2D eigenvalue weighted by atomic mass is 10.3. The molecule has 0 aliphatic carbocycles. The second-order valence-corrected chi connectivity index (χ2v) is 6.99. The van der Waals surface area contributed by atoms with Gasteiger partial charge in [0.25, 0.3) is 5.91 Å². The van der Waals surface area contributed by atoms with E-state index in [-0.39, 0.29) is 5.91 Å². The molecule has 4 nitrogen and oxygen atoms in total. The van der Waals surface area contributed by atoms with Gasteiger partial charge in [0.1, 0.15) is 0 Å².